The molecule has 0 aliphatic carbocycles. The molecule has 114 valence electrons. The van der Waals surface area contributed by atoms with E-state index in [-0.39, 0.29) is 0 Å². The first kappa shape index (κ1) is 15.5. The molecule has 4 nitrogen and oxygen atoms in total. The first-order valence-corrected chi connectivity index (χ1v) is 7.68. The quantitative estimate of drug-likeness (QED) is 0.850. The second kappa shape index (κ2) is 6.74. The molecule has 0 aromatic heterocycles. The Bertz CT molecular complexity index is 525. The molecule has 0 saturated carbocycles. The fraction of sp³-hybridized carbons (Fsp3) is 0.529. The van der Waals surface area contributed by atoms with Crippen molar-refractivity contribution in [2.24, 2.45) is 5.92 Å². The summed E-state index contributed by atoms with van der Waals surface area (Å²) in [4.78, 5) is 26.1. The number of nitrogens with zero attached hydrogens (tertiary/aromatic N) is 1. The molecule has 21 heavy (non-hydrogen) atoms. The molecular formula is C17H24N2O2. The molecule has 1 aliphatic heterocycles. The lowest BCUT2D eigenvalue weighted by Gasteiger charge is -2.30. The molecular weight excluding hydrogens is 264 g/mol. The fourth-order valence-corrected chi connectivity index (χ4v) is 2.81. The molecule has 2 rings (SSSR count). The number of benzene rings is 1. The Labute approximate surface area is 126 Å². The van der Waals surface area contributed by atoms with Crippen molar-refractivity contribution in [3.8, 4) is 0 Å². The molecule has 1 saturated heterocycles. The number of hydrogen-bond donors (Lipinski definition) is 1. The van der Waals surface area contributed by atoms with Crippen LogP contribution in [0.4, 0.5) is 5.69 Å². The van der Waals surface area contributed by atoms with Crippen LogP contribution in [0.15, 0.2) is 24.3 Å². The Morgan fingerprint density at radius 3 is 2.67 bits per heavy atom. The molecule has 1 aliphatic rings. The molecule has 1 fully saturated rings. The van der Waals surface area contributed by atoms with Gasteiger partial charge in [-0.3, -0.25) is 9.59 Å². The Kier molecular flexibility index (Phi) is 4.99. The lowest BCUT2D eigenvalue weighted by Crippen LogP contribution is -2.44. The van der Waals surface area contributed by atoms with Crippen LogP contribution in [-0.2, 0) is 9.59 Å². The molecule has 0 radical (unpaired) electrons. The summed E-state index contributed by atoms with van der Waals surface area (Å²) in [5.74, 6) is -0.178. The number of piperidine rings is 1. The number of amides is 2. The topological polar surface area (TPSA) is 49.4 Å². The van der Waals surface area contributed by atoms with Crippen LogP contribution in [0.2, 0.25) is 0 Å². The highest BCUT2D eigenvalue weighted by Crippen LogP contribution is 2.24. The minimum atomic E-state index is -0.530. The maximum atomic E-state index is 12.2. The summed E-state index contributed by atoms with van der Waals surface area (Å²) in [6, 6.07) is 7.64. The van der Waals surface area contributed by atoms with Crippen molar-refractivity contribution >= 4 is 17.5 Å². The first-order valence-electron chi connectivity index (χ1n) is 7.68. The molecule has 1 heterocycles. The summed E-state index contributed by atoms with van der Waals surface area (Å²) in [5, 5.41) is 2.77. The maximum absolute atomic E-state index is 12.2. The van der Waals surface area contributed by atoms with Crippen molar-refractivity contribution in [2.45, 2.75) is 39.5 Å². The summed E-state index contributed by atoms with van der Waals surface area (Å²) in [7, 11) is 0. The monoisotopic (exact) mass is 288 g/mol. The van der Waals surface area contributed by atoms with Crippen LogP contribution >= 0.6 is 0 Å². The number of nitrogens with one attached hydrogen (secondary N) is 1. The highest BCUT2D eigenvalue weighted by molar-refractivity contribution is 6.39. The zero-order valence-corrected chi connectivity index (χ0v) is 13.1. The average molecular weight is 288 g/mol. The number of carbonyl (C=O) groups excluding carboxylic acids is 2. The van der Waals surface area contributed by atoms with Crippen LogP contribution in [-0.4, -0.2) is 29.8 Å². The molecule has 1 atom stereocenters. The van der Waals surface area contributed by atoms with E-state index >= 15 is 0 Å². The number of rotatable bonds is 2. The van der Waals surface area contributed by atoms with E-state index in [1.54, 1.807) is 4.90 Å². The molecule has 2 amide bonds. The van der Waals surface area contributed by atoms with E-state index < -0.39 is 11.8 Å². The summed E-state index contributed by atoms with van der Waals surface area (Å²) in [5.41, 5.74) is 1.78. The third-order valence-electron chi connectivity index (χ3n) is 3.97. The van der Waals surface area contributed by atoms with Crippen LogP contribution < -0.4 is 5.32 Å². The minimum absolute atomic E-state index is 0.298. The summed E-state index contributed by atoms with van der Waals surface area (Å²) in [6.07, 6.45) is 2.10. The molecule has 1 aromatic carbocycles. The third kappa shape index (κ3) is 3.84. The number of likely N-dealkylation sites (tertiary alicyclic amines) is 1. The van der Waals surface area contributed by atoms with Crippen molar-refractivity contribution < 1.29 is 9.59 Å². The van der Waals surface area contributed by atoms with E-state index in [1.807, 2.05) is 24.3 Å². The first-order chi connectivity index (χ1) is 9.99. The molecule has 1 aromatic rings. The van der Waals surface area contributed by atoms with E-state index in [0.717, 1.165) is 24.1 Å². The highest BCUT2D eigenvalue weighted by Gasteiger charge is 2.26. The standard InChI is InChI=1S/C17H24N2O2/c1-12(2)14-8-4-5-9-15(14)18-16(20)17(21)19-10-6-7-13(3)11-19/h4-5,8-9,12-13H,6-7,10-11H2,1-3H3,(H,18,20). The molecule has 1 N–H and O–H groups in total. The van der Waals surface area contributed by atoms with Crippen molar-refractivity contribution in [1.82, 2.24) is 4.90 Å². The van der Waals surface area contributed by atoms with Gasteiger partial charge in [0.25, 0.3) is 0 Å². The summed E-state index contributed by atoms with van der Waals surface area (Å²) in [6.45, 7) is 7.62. The van der Waals surface area contributed by atoms with Gasteiger partial charge in [0.15, 0.2) is 0 Å². The SMILES string of the molecule is CC1CCCN(C(=O)C(=O)Nc2ccccc2C(C)C)C1. The van der Waals surface area contributed by atoms with E-state index in [2.05, 4.69) is 26.1 Å². The summed E-state index contributed by atoms with van der Waals surface area (Å²) < 4.78 is 0. The van der Waals surface area contributed by atoms with Crippen molar-refractivity contribution in [3.63, 3.8) is 0 Å². The number of hydrogen-bond acceptors (Lipinski definition) is 2. The van der Waals surface area contributed by atoms with Crippen molar-refractivity contribution in [1.29, 1.82) is 0 Å². The normalized spacial score (nSPS) is 18.7. The van der Waals surface area contributed by atoms with Crippen LogP contribution in [0.25, 0.3) is 0 Å². The van der Waals surface area contributed by atoms with Crippen LogP contribution in [0.5, 0.6) is 0 Å². The number of para-hydroxylation sites is 1. The number of anilines is 1. The van der Waals surface area contributed by atoms with E-state index in [0.29, 0.717) is 24.9 Å². The predicted octanol–water partition coefficient (Wildman–Crippen LogP) is 3.01. The zero-order chi connectivity index (χ0) is 15.4. The van der Waals surface area contributed by atoms with Gasteiger partial charge in [-0.1, -0.05) is 39.0 Å². The van der Waals surface area contributed by atoms with Crippen LogP contribution in [0.1, 0.15) is 45.1 Å². The van der Waals surface area contributed by atoms with Crippen molar-refractivity contribution in [3.05, 3.63) is 29.8 Å². The maximum Gasteiger partial charge on any atom is 0.313 e. The lowest BCUT2D eigenvalue weighted by molar-refractivity contribution is -0.144. The van der Waals surface area contributed by atoms with Crippen molar-refractivity contribution in [2.75, 3.05) is 18.4 Å². The molecule has 4 heteroatoms. The zero-order valence-electron chi connectivity index (χ0n) is 13.1. The Hall–Kier alpha value is -1.84. The van der Waals surface area contributed by atoms with Gasteiger partial charge in [-0.25, -0.2) is 0 Å². The third-order valence-corrected chi connectivity index (χ3v) is 3.97. The Morgan fingerprint density at radius 1 is 1.29 bits per heavy atom. The van der Waals surface area contributed by atoms with Gasteiger partial charge in [-0.2, -0.15) is 0 Å². The minimum Gasteiger partial charge on any atom is -0.334 e. The molecule has 0 spiro atoms. The Balaban J connectivity index is 2.06. The second-order valence-corrected chi connectivity index (χ2v) is 6.19. The predicted molar refractivity (Wildman–Crippen MR) is 84.1 cm³/mol. The van der Waals surface area contributed by atoms with Gasteiger partial charge in [-0.15, -0.1) is 0 Å². The van der Waals surface area contributed by atoms with E-state index in [1.165, 1.54) is 0 Å². The number of carbonyl (C=O) groups is 2. The lowest BCUT2D eigenvalue weighted by atomic mass is 10.00. The van der Waals surface area contributed by atoms with Crippen LogP contribution in [0, 0.1) is 5.92 Å². The van der Waals surface area contributed by atoms with E-state index in [9.17, 15) is 9.59 Å². The molecule has 1 unspecified atom stereocenters. The van der Waals surface area contributed by atoms with Gasteiger partial charge in [-0.05, 0) is 36.3 Å². The second-order valence-electron chi connectivity index (χ2n) is 6.19. The largest absolute Gasteiger partial charge is 0.334 e. The Morgan fingerprint density at radius 2 is 2.00 bits per heavy atom. The van der Waals surface area contributed by atoms with Crippen LogP contribution in [0.3, 0.4) is 0 Å². The average Bonchev–Trinajstić information content (AvgIpc) is 2.46. The smallest absolute Gasteiger partial charge is 0.313 e. The van der Waals surface area contributed by atoms with Gasteiger partial charge >= 0.3 is 11.8 Å². The van der Waals surface area contributed by atoms with Gasteiger partial charge in [0.1, 0.15) is 0 Å². The summed E-state index contributed by atoms with van der Waals surface area (Å²) >= 11 is 0. The van der Waals surface area contributed by atoms with Gasteiger partial charge in [0.05, 0.1) is 0 Å². The fourth-order valence-electron chi connectivity index (χ4n) is 2.81. The van der Waals surface area contributed by atoms with E-state index in [4.69, 9.17) is 0 Å². The van der Waals surface area contributed by atoms with Gasteiger partial charge in [0.2, 0.25) is 0 Å². The van der Waals surface area contributed by atoms with Gasteiger partial charge in [0, 0.05) is 18.8 Å². The molecule has 0 bridgehead atoms. The van der Waals surface area contributed by atoms with Gasteiger partial charge < -0.3 is 10.2 Å². The highest BCUT2D eigenvalue weighted by atomic mass is 16.2.